The topological polar surface area (TPSA) is 75.7 Å². The van der Waals surface area contributed by atoms with E-state index in [1.54, 1.807) is 36.4 Å². The van der Waals surface area contributed by atoms with E-state index in [1.807, 2.05) is 13.8 Å². The second-order valence-corrected chi connectivity index (χ2v) is 9.42. The molecule has 0 atom stereocenters. The van der Waals surface area contributed by atoms with Crippen LogP contribution in [0.4, 0.5) is 0 Å². The normalized spacial score (nSPS) is 11.7. The highest BCUT2D eigenvalue weighted by Crippen LogP contribution is 2.25. The number of nitrogens with zero attached hydrogens (tertiary/aromatic N) is 1. The minimum atomic E-state index is -3.60. The van der Waals surface area contributed by atoms with Gasteiger partial charge in [-0.05, 0) is 43.7 Å². The van der Waals surface area contributed by atoms with Crippen LogP contribution in [0.5, 0.6) is 5.75 Å². The maximum Gasteiger partial charge on any atom is 0.255 e. The molecule has 1 amide bonds. The van der Waals surface area contributed by atoms with Gasteiger partial charge in [0.2, 0.25) is 10.0 Å². The van der Waals surface area contributed by atoms with Crippen molar-refractivity contribution < 1.29 is 17.9 Å². The molecule has 0 fully saturated rings. The number of nitrogens with one attached hydrogen (secondary N) is 1. The van der Waals surface area contributed by atoms with Gasteiger partial charge in [-0.2, -0.15) is 0 Å². The van der Waals surface area contributed by atoms with E-state index < -0.39 is 10.0 Å². The van der Waals surface area contributed by atoms with Crippen LogP contribution in [0.1, 0.15) is 29.8 Å². The van der Waals surface area contributed by atoms with Crippen LogP contribution < -0.4 is 10.1 Å². The Morgan fingerprint density at radius 3 is 2.48 bits per heavy atom. The zero-order valence-electron chi connectivity index (χ0n) is 15.7. The molecule has 146 valence electrons. The predicted octanol–water partition coefficient (Wildman–Crippen LogP) is 3.42. The molecule has 1 N–H and O–H groups in total. The number of carbonyl (C=O) groups excluding carboxylic acids is 1. The molecule has 0 saturated heterocycles. The lowest BCUT2D eigenvalue weighted by Gasteiger charge is -2.17. The molecular formula is C19H23BrN2O4S. The van der Waals surface area contributed by atoms with Gasteiger partial charge in [0.05, 0.1) is 16.6 Å². The molecule has 0 heterocycles. The van der Waals surface area contributed by atoms with Gasteiger partial charge >= 0.3 is 0 Å². The number of hydrogen-bond donors (Lipinski definition) is 1. The maximum absolute atomic E-state index is 12.7. The molecule has 0 aliphatic rings. The van der Waals surface area contributed by atoms with Gasteiger partial charge in [-0.1, -0.05) is 34.1 Å². The van der Waals surface area contributed by atoms with E-state index in [1.165, 1.54) is 20.2 Å². The lowest BCUT2D eigenvalue weighted by Crippen LogP contribution is -2.27. The van der Waals surface area contributed by atoms with Gasteiger partial charge in [0.15, 0.2) is 0 Å². The first kappa shape index (κ1) is 21.4. The van der Waals surface area contributed by atoms with Crippen LogP contribution in [0.2, 0.25) is 0 Å². The van der Waals surface area contributed by atoms with E-state index in [-0.39, 0.29) is 23.5 Å². The Hall–Kier alpha value is -1.90. The molecule has 0 spiro atoms. The molecule has 0 aliphatic carbocycles. The third-order valence-corrected chi connectivity index (χ3v) is 6.13. The predicted molar refractivity (Wildman–Crippen MR) is 108 cm³/mol. The maximum atomic E-state index is 12.7. The quantitative estimate of drug-likeness (QED) is 0.695. The molecule has 0 radical (unpaired) electrons. The lowest BCUT2D eigenvalue weighted by molar-refractivity contribution is 0.0944. The molecule has 6 nitrogen and oxygen atoms in total. The van der Waals surface area contributed by atoms with Crippen LogP contribution in [0, 0.1) is 0 Å². The first-order chi connectivity index (χ1) is 12.6. The fourth-order valence-electron chi connectivity index (χ4n) is 2.40. The zero-order chi connectivity index (χ0) is 20.2. The largest absolute Gasteiger partial charge is 0.490 e. The van der Waals surface area contributed by atoms with Gasteiger partial charge in [-0.3, -0.25) is 4.79 Å². The van der Waals surface area contributed by atoms with Gasteiger partial charge in [-0.25, -0.2) is 12.7 Å². The van der Waals surface area contributed by atoms with Crippen molar-refractivity contribution in [2.75, 3.05) is 14.1 Å². The summed E-state index contributed by atoms with van der Waals surface area (Å²) < 4.78 is 32.6. The molecule has 0 aromatic heterocycles. The monoisotopic (exact) mass is 454 g/mol. The summed E-state index contributed by atoms with van der Waals surface area (Å²) in [6.07, 6.45) is -0.0863. The molecule has 27 heavy (non-hydrogen) atoms. The van der Waals surface area contributed by atoms with E-state index in [4.69, 9.17) is 4.74 Å². The van der Waals surface area contributed by atoms with Crippen molar-refractivity contribution in [3.05, 3.63) is 58.1 Å². The first-order valence-electron chi connectivity index (χ1n) is 8.37. The van der Waals surface area contributed by atoms with Crippen molar-refractivity contribution in [2.45, 2.75) is 31.4 Å². The summed E-state index contributed by atoms with van der Waals surface area (Å²) in [6.45, 7) is 3.84. The third kappa shape index (κ3) is 5.31. The van der Waals surface area contributed by atoms with Crippen molar-refractivity contribution in [1.82, 2.24) is 9.62 Å². The molecule has 0 saturated carbocycles. The Morgan fingerprint density at radius 2 is 1.85 bits per heavy atom. The number of sulfonamides is 1. The standard InChI is InChI=1S/C19H23BrN2O4S/c1-13(2)26-17-11-15(20)9-10-16(17)19(23)21-12-14-7-5-6-8-18(14)27(24,25)22(3)4/h5-11,13H,12H2,1-4H3,(H,21,23). The molecule has 0 unspecified atom stereocenters. The second-order valence-electron chi connectivity index (χ2n) is 6.38. The summed E-state index contributed by atoms with van der Waals surface area (Å²) in [6, 6.07) is 11.8. The molecule has 2 rings (SSSR count). The molecule has 8 heteroatoms. The number of hydrogen-bond acceptors (Lipinski definition) is 4. The fourth-order valence-corrected chi connectivity index (χ4v) is 3.86. The summed E-state index contributed by atoms with van der Waals surface area (Å²) in [5, 5.41) is 2.78. The zero-order valence-corrected chi connectivity index (χ0v) is 18.1. The first-order valence-corrected chi connectivity index (χ1v) is 10.6. The minimum absolute atomic E-state index is 0.0826. The Morgan fingerprint density at radius 1 is 1.19 bits per heavy atom. The number of carbonyl (C=O) groups is 1. The van der Waals surface area contributed by atoms with E-state index in [9.17, 15) is 13.2 Å². The van der Waals surface area contributed by atoms with Crippen molar-refractivity contribution in [3.8, 4) is 5.75 Å². The number of benzene rings is 2. The highest BCUT2D eigenvalue weighted by Gasteiger charge is 2.21. The van der Waals surface area contributed by atoms with Gasteiger partial charge < -0.3 is 10.1 Å². The Bertz CT molecular complexity index is 927. The summed E-state index contributed by atoms with van der Waals surface area (Å²) in [7, 11) is -0.650. The summed E-state index contributed by atoms with van der Waals surface area (Å²) in [4.78, 5) is 12.8. The smallest absolute Gasteiger partial charge is 0.255 e. The molecule has 0 aliphatic heterocycles. The van der Waals surface area contributed by atoms with Crippen LogP contribution in [0.25, 0.3) is 0 Å². The Kier molecular flexibility index (Phi) is 7.02. The highest BCUT2D eigenvalue weighted by molar-refractivity contribution is 9.10. The minimum Gasteiger partial charge on any atom is -0.490 e. The van der Waals surface area contributed by atoms with Crippen LogP contribution in [0.15, 0.2) is 51.8 Å². The Balaban J connectivity index is 2.25. The Labute approximate surface area is 168 Å². The molecule has 0 bridgehead atoms. The van der Waals surface area contributed by atoms with Gasteiger partial charge in [0.25, 0.3) is 5.91 Å². The lowest BCUT2D eigenvalue weighted by atomic mass is 10.1. The molecule has 2 aromatic carbocycles. The second kappa shape index (κ2) is 8.86. The van der Waals surface area contributed by atoms with E-state index in [2.05, 4.69) is 21.2 Å². The summed E-state index contributed by atoms with van der Waals surface area (Å²) in [5.74, 6) is 0.126. The molecular weight excluding hydrogens is 432 g/mol. The summed E-state index contributed by atoms with van der Waals surface area (Å²) in [5.41, 5.74) is 0.905. The van der Waals surface area contributed by atoms with Gasteiger partial charge in [0, 0.05) is 25.1 Å². The van der Waals surface area contributed by atoms with Crippen molar-refractivity contribution in [3.63, 3.8) is 0 Å². The number of halogens is 1. The van der Waals surface area contributed by atoms with Crippen LogP contribution in [0.3, 0.4) is 0 Å². The average Bonchev–Trinajstić information content (AvgIpc) is 2.59. The van der Waals surface area contributed by atoms with Gasteiger partial charge in [-0.15, -0.1) is 0 Å². The van der Waals surface area contributed by atoms with Crippen LogP contribution >= 0.6 is 15.9 Å². The summed E-state index contributed by atoms with van der Waals surface area (Å²) >= 11 is 3.37. The van der Waals surface area contributed by atoms with E-state index >= 15 is 0 Å². The third-order valence-electron chi connectivity index (χ3n) is 3.72. The average molecular weight is 455 g/mol. The number of amides is 1. The van der Waals surface area contributed by atoms with Crippen molar-refractivity contribution in [1.29, 1.82) is 0 Å². The fraction of sp³-hybridized carbons (Fsp3) is 0.316. The molecule has 2 aromatic rings. The van der Waals surface area contributed by atoms with Crippen molar-refractivity contribution >= 4 is 31.9 Å². The highest BCUT2D eigenvalue weighted by atomic mass is 79.9. The van der Waals surface area contributed by atoms with Crippen LogP contribution in [-0.2, 0) is 16.6 Å². The van der Waals surface area contributed by atoms with E-state index in [0.29, 0.717) is 16.9 Å². The SMILES string of the molecule is CC(C)Oc1cc(Br)ccc1C(=O)NCc1ccccc1S(=O)(=O)N(C)C. The number of ether oxygens (including phenoxy) is 1. The van der Waals surface area contributed by atoms with Gasteiger partial charge in [0.1, 0.15) is 5.75 Å². The number of rotatable bonds is 7. The van der Waals surface area contributed by atoms with E-state index in [0.717, 1.165) is 8.78 Å². The van der Waals surface area contributed by atoms with Crippen molar-refractivity contribution in [2.24, 2.45) is 0 Å². The van der Waals surface area contributed by atoms with Crippen LogP contribution in [-0.4, -0.2) is 38.8 Å².